The van der Waals surface area contributed by atoms with E-state index in [1.54, 1.807) is 24.3 Å². The summed E-state index contributed by atoms with van der Waals surface area (Å²) in [6, 6.07) is 15.1. The molecule has 8 nitrogen and oxygen atoms in total. The summed E-state index contributed by atoms with van der Waals surface area (Å²) < 4.78 is 1.91. The smallest absolute Gasteiger partial charge is 0.126 e. The minimum Gasteiger partial charge on any atom is -0.512 e. The molecule has 3 aromatic rings. The molecule has 1 atom stereocenters. The van der Waals surface area contributed by atoms with Gasteiger partial charge >= 0.3 is 0 Å². The number of nitrogen functional groups attached to an aromatic ring is 1. The van der Waals surface area contributed by atoms with Crippen molar-refractivity contribution in [1.29, 1.82) is 0 Å². The fourth-order valence-electron chi connectivity index (χ4n) is 5.75. The topological polar surface area (TPSA) is 117 Å². The van der Waals surface area contributed by atoms with E-state index in [1.807, 2.05) is 29.9 Å². The first kappa shape index (κ1) is 24.6. The molecule has 3 heterocycles. The molecule has 0 bridgehead atoms. The fraction of sp³-hybridized carbons (Fsp3) is 0.345. The number of phenolic OH excluding ortho intramolecular Hbond substituents is 1. The number of allylic oxidation sites excluding steroid dienone is 1. The number of aryl methyl sites for hydroxylation is 1. The Labute approximate surface area is 218 Å². The van der Waals surface area contributed by atoms with Gasteiger partial charge in [-0.05, 0) is 41.8 Å². The van der Waals surface area contributed by atoms with E-state index in [9.17, 15) is 10.2 Å². The van der Waals surface area contributed by atoms with Crippen LogP contribution in [-0.4, -0.2) is 46.2 Å². The molecule has 194 valence electrons. The number of aromatic hydroxyl groups is 1. The number of benzene rings is 2. The van der Waals surface area contributed by atoms with Crippen LogP contribution in [0.15, 0.2) is 60.9 Å². The van der Waals surface area contributed by atoms with Gasteiger partial charge in [-0.2, -0.15) is 5.10 Å². The molecule has 6 N–H and O–H groups in total. The van der Waals surface area contributed by atoms with E-state index < -0.39 is 0 Å². The number of rotatable bonds is 7. The van der Waals surface area contributed by atoms with Crippen LogP contribution in [0.5, 0.6) is 5.75 Å². The molecule has 0 saturated carbocycles. The Balaban J connectivity index is 1.22. The number of hydrogen-bond acceptors (Lipinski definition) is 7. The summed E-state index contributed by atoms with van der Waals surface area (Å²) in [6.45, 7) is 11.8. The Bertz CT molecular complexity index is 1360. The second kappa shape index (κ2) is 9.10. The molecule has 0 radical (unpaired) electrons. The van der Waals surface area contributed by atoms with Crippen LogP contribution in [0.3, 0.4) is 0 Å². The Hall–Kier alpha value is -4.07. The second-order valence-electron chi connectivity index (χ2n) is 10.9. The zero-order valence-corrected chi connectivity index (χ0v) is 21.7. The lowest BCUT2D eigenvalue weighted by Gasteiger charge is -2.61. The quantitative estimate of drug-likeness (QED) is 0.217. The van der Waals surface area contributed by atoms with Gasteiger partial charge in [0.25, 0.3) is 0 Å². The molecule has 5 rings (SSSR count). The highest BCUT2D eigenvalue weighted by molar-refractivity contribution is 5.85. The number of para-hydroxylation sites is 1. The first-order valence-electron chi connectivity index (χ1n) is 12.6. The maximum atomic E-state index is 10.1. The predicted octanol–water partition coefficient (Wildman–Crippen LogP) is 4.30. The molecule has 1 unspecified atom stereocenters. The Kier molecular flexibility index (Phi) is 6.06. The summed E-state index contributed by atoms with van der Waals surface area (Å²) in [4.78, 5) is 4.71. The number of aliphatic hydroxyl groups excluding tert-OH is 1. The van der Waals surface area contributed by atoms with Crippen molar-refractivity contribution >= 4 is 29.0 Å². The van der Waals surface area contributed by atoms with Crippen molar-refractivity contribution in [3.8, 4) is 5.75 Å². The normalized spacial score (nSPS) is 17.6. The molecule has 2 aliphatic heterocycles. The fourth-order valence-corrected chi connectivity index (χ4v) is 5.75. The molecule has 2 aliphatic rings. The lowest BCUT2D eigenvalue weighted by Crippen LogP contribution is -2.72. The standard InChI is InChI=1S/C29H36N6O2/c1-18(2)28(19(3)36)25-13-27(33(4)32-25)35-16-29(17-35)14-34(15-29)21-10-9-20(23(30)12-21)11-24(31)22-7-5-6-8-26(22)37/h5-13,18,28,36-37H,3,14-17,30-31H2,1-2,4H3/b24-11-. The average molecular weight is 501 g/mol. The van der Waals surface area contributed by atoms with Crippen LogP contribution in [0.25, 0.3) is 11.8 Å². The van der Waals surface area contributed by atoms with Crippen LogP contribution in [-0.2, 0) is 7.05 Å². The molecule has 37 heavy (non-hydrogen) atoms. The molecule has 8 heteroatoms. The number of anilines is 3. The highest BCUT2D eigenvalue weighted by Gasteiger charge is 2.52. The van der Waals surface area contributed by atoms with Crippen LogP contribution in [0, 0.1) is 11.3 Å². The van der Waals surface area contributed by atoms with Gasteiger partial charge < -0.3 is 31.5 Å². The number of nitrogens with two attached hydrogens (primary N) is 2. The average Bonchev–Trinajstić information content (AvgIpc) is 3.13. The van der Waals surface area contributed by atoms with Crippen molar-refractivity contribution in [2.75, 3.05) is 41.7 Å². The molecule has 2 fully saturated rings. The molecule has 1 spiro atoms. The summed E-state index contributed by atoms with van der Waals surface area (Å²) in [6.07, 6.45) is 1.80. The van der Waals surface area contributed by atoms with Crippen molar-refractivity contribution in [3.05, 3.63) is 77.7 Å². The van der Waals surface area contributed by atoms with Gasteiger partial charge in [0, 0.05) is 67.3 Å². The third kappa shape index (κ3) is 4.48. The maximum Gasteiger partial charge on any atom is 0.126 e. The van der Waals surface area contributed by atoms with E-state index in [1.165, 1.54) is 0 Å². The number of aromatic nitrogens is 2. The predicted molar refractivity (Wildman–Crippen MR) is 150 cm³/mol. The number of phenols is 1. The van der Waals surface area contributed by atoms with E-state index in [0.29, 0.717) is 16.9 Å². The summed E-state index contributed by atoms with van der Waals surface area (Å²) in [5, 5.41) is 24.8. The zero-order valence-electron chi connectivity index (χ0n) is 21.7. The van der Waals surface area contributed by atoms with Crippen LogP contribution in [0.2, 0.25) is 0 Å². The van der Waals surface area contributed by atoms with Gasteiger partial charge in [0.05, 0.1) is 17.4 Å². The Morgan fingerprint density at radius 1 is 1.08 bits per heavy atom. The highest BCUT2D eigenvalue weighted by Crippen LogP contribution is 2.45. The summed E-state index contributed by atoms with van der Waals surface area (Å²) in [5.74, 6) is 1.45. The molecule has 1 aromatic heterocycles. The molecule has 2 saturated heterocycles. The molecule has 0 aliphatic carbocycles. The van der Waals surface area contributed by atoms with Gasteiger partial charge in [-0.3, -0.25) is 4.68 Å². The van der Waals surface area contributed by atoms with E-state index >= 15 is 0 Å². The first-order chi connectivity index (χ1) is 17.6. The summed E-state index contributed by atoms with van der Waals surface area (Å²) in [5.41, 5.74) is 17.4. The lowest BCUT2D eigenvalue weighted by molar-refractivity contribution is 0.155. The van der Waals surface area contributed by atoms with Crippen molar-refractivity contribution in [1.82, 2.24) is 9.78 Å². The van der Waals surface area contributed by atoms with Gasteiger partial charge in [0.2, 0.25) is 0 Å². The monoisotopic (exact) mass is 500 g/mol. The van der Waals surface area contributed by atoms with Gasteiger partial charge in [-0.15, -0.1) is 0 Å². The minimum atomic E-state index is -0.161. The van der Waals surface area contributed by atoms with Crippen LogP contribution >= 0.6 is 0 Å². The first-order valence-corrected chi connectivity index (χ1v) is 12.6. The third-order valence-electron chi connectivity index (χ3n) is 7.61. The second-order valence-corrected chi connectivity index (χ2v) is 10.9. The van der Waals surface area contributed by atoms with Crippen LogP contribution < -0.4 is 21.3 Å². The lowest BCUT2D eigenvalue weighted by atomic mass is 9.72. The number of nitrogens with zero attached hydrogens (tertiary/aromatic N) is 4. The van der Waals surface area contributed by atoms with Gasteiger partial charge in [0.15, 0.2) is 0 Å². The Morgan fingerprint density at radius 2 is 1.76 bits per heavy atom. The van der Waals surface area contributed by atoms with Crippen molar-refractivity contribution in [2.45, 2.75) is 19.8 Å². The largest absolute Gasteiger partial charge is 0.512 e. The summed E-state index contributed by atoms with van der Waals surface area (Å²) >= 11 is 0. The van der Waals surface area contributed by atoms with Crippen molar-refractivity contribution in [3.63, 3.8) is 0 Å². The van der Waals surface area contributed by atoms with E-state index in [0.717, 1.165) is 48.9 Å². The molecule has 2 aromatic carbocycles. The highest BCUT2D eigenvalue weighted by atomic mass is 16.3. The molecular weight excluding hydrogens is 464 g/mol. The zero-order chi connectivity index (χ0) is 26.5. The van der Waals surface area contributed by atoms with Gasteiger partial charge in [-0.1, -0.05) is 38.6 Å². The SMILES string of the molecule is C=C(O)C(c1cc(N2CC3(CN(c4ccc(/C=C(\N)c5ccccc5O)c(N)c4)C3)C2)n(C)n1)C(C)C. The maximum absolute atomic E-state index is 10.1. The van der Waals surface area contributed by atoms with E-state index in [2.05, 4.69) is 47.5 Å². The Morgan fingerprint density at radius 3 is 2.38 bits per heavy atom. The minimum absolute atomic E-state index is 0.146. The van der Waals surface area contributed by atoms with Crippen molar-refractivity contribution in [2.24, 2.45) is 24.1 Å². The van der Waals surface area contributed by atoms with E-state index in [4.69, 9.17) is 11.5 Å². The molecule has 0 amide bonds. The number of hydrogen-bond donors (Lipinski definition) is 4. The number of aliphatic hydroxyl groups is 1. The van der Waals surface area contributed by atoms with Crippen LogP contribution in [0.1, 0.15) is 36.6 Å². The summed E-state index contributed by atoms with van der Waals surface area (Å²) in [7, 11) is 1.96. The third-order valence-corrected chi connectivity index (χ3v) is 7.61. The van der Waals surface area contributed by atoms with Crippen molar-refractivity contribution < 1.29 is 10.2 Å². The van der Waals surface area contributed by atoms with Crippen LogP contribution in [0.4, 0.5) is 17.2 Å². The molecular formula is C29H36N6O2. The van der Waals surface area contributed by atoms with Gasteiger partial charge in [0.1, 0.15) is 11.6 Å². The van der Waals surface area contributed by atoms with Gasteiger partial charge in [-0.25, -0.2) is 0 Å². The van der Waals surface area contributed by atoms with E-state index in [-0.39, 0.29) is 28.8 Å².